The van der Waals surface area contributed by atoms with Gasteiger partial charge in [-0.25, -0.2) is 4.99 Å². The van der Waals surface area contributed by atoms with Gasteiger partial charge in [-0.15, -0.1) is 0 Å². The normalized spacial score (nSPS) is 28.0. The van der Waals surface area contributed by atoms with Crippen LogP contribution in [-0.2, 0) is 0 Å². The van der Waals surface area contributed by atoms with E-state index in [1.807, 2.05) is 0 Å². The van der Waals surface area contributed by atoms with E-state index in [1.165, 1.54) is 0 Å². The van der Waals surface area contributed by atoms with Crippen LogP contribution < -0.4 is 16.8 Å². The number of guanidine groups is 1. The smallest absolute Gasteiger partial charge is 0.186 e. The Morgan fingerprint density at radius 2 is 2.17 bits per heavy atom. The van der Waals surface area contributed by atoms with Crippen LogP contribution in [0.5, 0.6) is 0 Å². The van der Waals surface area contributed by atoms with Crippen LogP contribution in [0.3, 0.4) is 0 Å². The minimum absolute atomic E-state index is 0.196. The van der Waals surface area contributed by atoms with Gasteiger partial charge in [0.05, 0.1) is 6.04 Å². The molecule has 1 fully saturated rings. The summed E-state index contributed by atoms with van der Waals surface area (Å²) < 4.78 is 0. The molecule has 0 bridgehead atoms. The molecule has 0 aliphatic carbocycles. The predicted octanol–water partition coefficient (Wildman–Crippen LogP) is -0.210. The van der Waals surface area contributed by atoms with Crippen molar-refractivity contribution >= 4 is 5.96 Å². The molecule has 0 saturated carbocycles. The minimum atomic E-state index is 0.196. The van der Waals surface area contributed by atoms with Gasteiger partial charge in [-0.1, -0.05) is 0 Å². The lowest BCUT2D eigenvalue weighted by Gasteiger charge is -2.34. The molecule has 0 radical (unpaired) electrons. The first-order valence-electron chi connectivity index (χ1n) is 4.33. The second-order valence-electron chi connectivity index (χ2n) is 4.01. The lowest BCUT2D eigenvalue weighted by molar-refractivity contribution is 0.282. The van der Waals surface area contributed by atoms with Crippen LogP contribution in [0.4, 0.5) is 0 Å². The quantitative estimate of drug-likeness (QED) is 0.376. The maximum atomic E-state index is 5.29. The van der Waals surface area contributed by atoms with E-state index < -0.39 is 0 Å². The van der Waals surface area contributed by atoms with Crippen LogP contribution in [0.15, 0.2) is 4.99 Å². The maximum Gasteiger partial charge on any atom is 0.186 e. The molecule has 4 nitrogen and oxygen atoms in total. The average molecular weight is 170 g/mol. The maximum absolute atomic E-state index is 5.29. The zero-order chi connectivity index (χ0) is 9.19. The SMILES string of the molecule is CC1(C)CC[C@H](N=C(N)N)CN1. The minimum Gasteiger partial charge on any atom is -0.370 e. The topological polar surface area (TPSA) is 76.4 Å². The first-order chi connectivity index (χ1) is 5.49. The third-order valence-corrected chi connectivity index (χ3v) is 2.25. The van der Waals surface area contributed by atoms with E-state index in [-0.39, 0.29) is 17.5 Å². The first-order valence-corrected chi connectivity index (χ1v) is 4.33. The lowest BCUT2D eigenvalue weighted by Crippen LogP contribution is -2.48. The van der Waals surface area contributed by atoms with Crippen molar-refractivity contribution in [2.75, 3.05) is 6.54 Å². The third-order valence-electron chi connectivity index (χ3n) is 2.25. The largest absolute Gasteiger partial charge is 0.370 e. The van der Waals surface area contributed by atoms with Gasteiger partial charge >= 0.3 is 0 Å². The van der Waals surface area contributed by atoms with E-state index >= 15 is 0 Å². The molecule has 70 valence electrons. The molecule has 0 unspecified atom stereocenters. The Morgan fingerprint density at radius 3 is 2.58 bits per heavy atom. The molecule has 0 aromatic rings. The third kappa shape index (κ3) is 2.70. The zero-order valence-electron chi connectivity index (χ0n) is 7.80. The van der Waals surface area contributed by atoms with Gasteiger partial charge in [-0.2, -0.15) is 0 Å². The summed E-state index contributed by atoms with van der Waals surface area (Å²) in [4.78, 5) is 4.11. The van der Waals surface area contributed by atoms with Gasteiger partial charge in [-0.05, 0) is 26.7 Å². The van der Waals surface area contributed by atoms with Crippen LogP contribution in [-0.4, -0.2) is 24.1 Å². The number of piperidine rings is 1. The Kier molecular flexibility index (Phi) is 2.57. The Morgan fingerprint density at radius 1 is 1.50 bits per heavy atom. The standard InChI is InChI=1S/C8H18N4/c1-8(2)4-3-6(5-11-8)12-7(9)10/h6,11H,3-5H2,1-2H3,(H4,9,10,12)/t6-/m0/s1. The van der Waals surface area contributed by atoms with Crippen molar-refractivity contribution in [3.05, 3.63) is 0 Å². The Balaban J connectivity index is 2.42. The molecule has 0 spiro atoms. The summed E-state index contributed by atoms with van der Waals surface area (Å²) in [5.41, 5.74) is 10.8. The molecule has 1 rings (SSSR count). The van der Waals surface area contributed by atoms with Crippen LogP contribution in [0.25, 0.3) is 0 Å². The average Bonchev–Trinajstić information content (AvgIpc) is 1.93. The molecular weight excluding hydrogens is 152 g/mol. The molecule has 1 atom stereocenters. The van der Waals surface area contributed by atoms with Crippen molar-refractivity contribution in [1.82, 2.24) is 5.32 Å². The molecule has 5 N–H and O–H groups in total. The van der Waals surface area contributed by atoms with Crippen molar-refractivity contribution in [2.24, 2.45) is 16.5 Å². The van der Waals surface area contributed by atoms with Gasteiger partial charge in [0, 0.05) is 12.1 Å². The van der Waals surface area contributed by atoms with Crippen molar-refractivity contribution in [2.45, 2.75) is 38.3 Å². The molecule has 1 heterocycles. The van der Waals surface area contributed by atoms with Crippen molar-refractivity contribution in [3.8, 4) is 0 Å². The highest BCUT2D eigenvalue weighted by molar-refractivity contribution is 5.75. The zero-order valence-corrected chi connectivity index (χ0v) is 7.80. The van der Waals surface area contributed by atoms with Crippen LogP contribution in [0, 0.1) is 0 Å². The van der Waals surface area contributed by atoms with Gasteiger partial charge in [0.2, 0.25) is 0 Å². The van der Waals surface area contributed by atoms with E-state index in [0.717, 1.165) is 19.4 Å². The molecule has 1 aliphatic heterocycles. The van der Waals surface area contributed by atoms with Gasteiger partial charge in [0.25, 0.3) is 0 Å². The number of hydrogen-bond acceptors (Lipinski definition) is 2. The summed E-state index contributed by atoms with van der Waals surface area (Å²) in [5.74, 6) is 0.196. The van der Waals surface area contributed by atoms with Crippen molar-refractivity contribution in [1.29, 1.82) is 0 Å². The molecule has 4 heteroatoms. The summed E-state index contributed by atoms with van der Waals surface area (Å²) in [6, 6.07) is 0.267. The molecule has 0 amide bonds. The van der Waals surface area contributed by atoms with E-state index in [9.17, 15) is 0 Å². The lowest BCUT2D eigenvalue weighted by atomic mass is 9.91. The highest BCUT2D eigenvalue weighted by Crippen LogP contribution is 2.19. The second-order valence-corrected chi connectivity index (χ2v) is 4.01. The Hall–Kier alpha value is -0.770. The van der Waals surface area contributed by atoms with Crippen LogP contribution in [0.2, 0.25) is 0 Å². The fraction of sp³-hybridized carbons (Fsp3) is 0.875. The molecule has 0 aromatic heterocycles. The van der Waals surface area contributed by atoms with E-state index in [0.29, 0.717) is 0 Å². The van der Waals surface area contributed by atoms with Crippen LogP contribution in [0.1, 0.15) is 26.7 Å². The first kappa shape index (κ1) is 9.32. The number of nitrogens with one attached hydrogen (secondary N) is 1. The molecule has 1 aliphatic rings. The number of aliphatic imine (C=N–C) groups is 1. The van der Waals surface area contributed by atoms with E-state index in [2.05, 4.69) is 24.2 Å². The van der Waals surface area contributed by atoms with Gasteiger partial charge in [0.1, 0.15) is 0 Å². The number of nitrogens with zero attached hydrogens (tertiary/aromatic N) is 1. The van der Waals surface area contributed by atoms with Crippen LogP contribution >= 0.6 is 0 Å². The predicted molar refractivity (Wildman–Crippen MR) is 50.9 cm³/mol. The van der Waals surface area contributed by atoms with Crippen molar-refractivity contribution in [3.63, 3.8) is 0 Å². The summed E-state index contributed by atoms with van der Waals surface area (Å²) in [5, 5.41) is 3.40. The highest BCUT2D eigenvalue weighted by Gasteiger charge is 2.25. The van der Waals surface area contributed by atoms with Gasteiger partial charge in [-0.3, -0.25) is 0 Å². The fourth-order valence-electron chi connectivity index (χ4n) is 1.43. The van der Waals surface area contributed by atoms with Gasteiger partial charge < -0.3 is 16.8 Å². The molecule has 0 aromatic carbocycles. The highest BCUT2D eigenvalue weighted by atomic mass is 15.1. The molecule has 12 heavy (non-hydrogen) atoms. The number of rotatable bonds is 1. The van der Waals surface area contributed by atoms with Crippen molar-refractivity contribution < 1.29 is 0 Å². The summed E-state index contributed by atoms with van der Waals surface area (Å²) in [6.45, 7) is 5.27. The Bertz CT molecular complexity index is 171. The second kappa shape index (κ2) is 3.31. The summed E-state index contributed by atoms with van der Waals surface area (Å²) in [6.07, 6.45) is 2.19. The fourth-order valence-corrected chi connectivity index (χ4v) is 1.43. The summed E-state index contributed by atoms with van der Waals surface area (Å²) in [7, 11) is 0. The molecular formula is C8H18N4. The van der Waals surface area contributed by atoms with E-state index in [1.54, 1.807) is 0 Å². The molecule has 1 saturated heterocycles. The van der Waals surface area contributed by atoms with E-state index in [4.69, 9.17) is 11.5 Å². The Labute approximate surface area is 73.4 Å². The summed E-state index contributed by atoms with van der Waals surface area (Å²) >= 11 is 0. The number of hydrogen-bond donors (Lipinski definition) is 3. The monoisotopic (exact) mass is 170 g/mol. The number of nitrogens with two attached hydrogens (primary N) is 2. The van der Waals surface area contributed by atoms with Gasteiger partial charge in [0.15, 0.2) is 5.96 Å².